The first-order valence-corrected chi connectivity index (χ1v) is 8.02. The summed E-state index contributed by atoms with van der Waals surface area (Å²) in [6, 6.07) is 19.0. The lowest BCUT2D eigenvalue weighted by molar-refractivity contribution is 0.0457. The summed E-state index contributed by atoms with van der Waals surface area (Å²) in [7, 11) is 0. The van der Waals surface area contributed by atoms with Gasteiger partial charge in [0.25, 0.3) is 0 Å². The van der Waals surface area contributed by atoms with Crippen LogP contribution in [0.15, 0.2) is 48.5 Å². The summed E-state index contributed by atoms with van der Waals surface area (Å²) in [5.74, 6) is 0. The molecule has 2 aromatic rings. The van der Waals surface area contributed by atoms with Crippen LogP contribution in [0.2, 0.25) is 0 Å². The summed E-state index contributed by atoms with van der Waals surface area (Å²) in [5.41, 5.74) is 4.68. The quantitative estimate of drug-likeness (QED) is 0.786. The van der Waals surface area contributed by atoms with E-state index in [0.717, 1.165) is 5.56 Å². The summed E-state index contributed by atoms with van der Waals surface area (Å²) in [6.07, 6.45) is 5.99. The molecule has 0 amide bonds. The molecule has 0 N–H and O–H groups in total. The van der Waals surface area contributed by atoms with Crippen molar-refractivity contribution >= 4 is 0 Å². The largest absolute Gasteiger partial charge is 0.374 e. The van der Waals surface area contributed by atoms with Crippen molar-refractivity contribution in [2.24, 2.45) is 0 Å². The molecule has 0 unspecified atom stereocenters. The summed E-state index contributed by atoms with van der Waals surface area (Å²) < 4.78 is 5.95. The lowest BCUT2D eigenvalue weighted by Gasteiger charge is -2.11. The van der Waals surface area contributed by atoms with Crippen molar-refractivity contribution in [1.29, 1.82) is 5.26 Å². The van der Waals surface area contributed by atoms with Gasteiger partial charge >= 0.3 is 0 Å². The van der Waals surface area contributed by atoms with Crippen molar-refractivity contribution < 1.29 is 4.74 Å². The highest BCUT2D eigenvalue weighted by Gasteiger charge is 2.15. The Balaban J connectivity index is 1.61. The van der Waals surface area contributed by atoms with Gasteiger partial charge in [0.1, 0.15) is 0 Å². The molecule has 0 aliphatic heterocycles. The Kier molecular flexibility index (Phi) is 4.88. The van der Waals surface area contributed by atoms with E-state index in [-0.39, 0.29) is 0 Å². The third-order valence-corrected chi connectivity index (χ3v) is 4.31. The van der Waals surface area contributed by atoms with Gasteiger partial charge < -0.3 is 4.74 Å². The van der Waals surface area contributed by atoms with Gasteiger partial charge in [0.15, 0.2) is 0 Å². The fourth-order valence-corrected chi connectivity index (χ4v) is 2.97. The van der Waals surface area contributed by atoms with E-state index in [1.165, 1.54) is 42.4 Å². The molecule has 1 fully saturated rings. The lowest BCUT2D eigenvalue weighted by Crippen LogP contribution is -2.06. The molecule has 0 heterocycles. The average molecular weight is 291 g/mol. The maximum absolute atomic E-state index is 8.70. The zero-order chi connectivity index (χ0) is 15.2. The second-order valence-corrected chi connectivity index (χ2v) is 5.95. The molecule has 2 heteroatoms. The standard InChI is InChI=1S/C20H21NO/c21-14-13-16-5-9-18(10-6-16)19-11-7-17(8-12-19)15-22-20-3-1-2-4-20/h5-12,20H,1-4,13,15H2. The van der Waals surface area contributed by atoms with Crippen molar-refractivity contribution in [2.45, 2.75) is 44.8 Å². The molecular formula is C20H21NO. The van der Waals surface area contributed by atoms with Crippen LogP contribution in [0.25, 0.3) is 11.1 Å². The van der Waals surface area contributed by atoms with Crippen molar-refractivity contribution in [2.75, 3.05) is 0 Å². The Hall–Kier alpha value is -2.11. The predicted molar refractivity (Wildman–Crippen MR) is 88.2 cm³/mol. The first-order valence-electron chi connectivity index (χ1n) is 8.02. The first kappa shape index (κ1) is 14.8. The number of nitrogens with zero attached hydrogens (tertiary/aromatic N) is 1. The van der Waals surface area contributed by atoms with Crippen molar-refractivity contribution in [1.82, 2.24) is 0 Å². The van der Waals surface area contributed by atoms with Gasteiger partial charge in [0.05, 0.1) is 25.2 Å². The van der Waals surface area contributed by atoms with Crippen LogP contribution in [0.4, 0.5) is 0 Å². The molecule has 2 nitrogen and oxygen atoms in total. The van der Waals surface area contributed by atoms with Gasteiger partial charge in [-0.25, -0.2) is 0 Å². The number of ether oxygens (including phenoxy) is 1. The van der Waals surface area contributed by atoms with Gasteiger partial charge in [-0.1, -0.05) is 61.4 Å². The van der Waals surface area contributed by atoms with Gasteiger partial charge in [0, 0.05) is 0 Å². The second kappa shape index (κ2) is 7.24. The Morgan fingerprint density at radius 3 is 1.95 bits per heavy atom. The molecule has 3 rings (SSSR count). The molecule has 0 aromatic heterocycles. The Morgan fingerprint density at radius 2 is 1.41 bits per heavy atom. The first-order chi connectivity index (χ1) is 10.8. The van der Waals surface area contributed by atoms with Crippen molar-refractivity contribution in [3.8, 4) is 17.2 Å². The van der Waals surface area contributed by atoms with E-state index < -0.39 is 0 Å². The van der Waals surface area contributed by atoms with E-state index in [0.29, 0.717) is 19.1 Å². The van der Waals surface area contributed by atoms with E-state index in [1.807, 2.05) is 12.1 Å². The molecule has 112 valence electrons. The SMILES string of the molecule is N#CCc1ccc(-c2ccc(COC3CCCC3)cc2)cc1. The van der Waals surface area contributed by atoms with Gasteiger partial charge in [0.2, 0.25) is 0 Å². The minimum atomic E-state index is 0.465. The van der Waals surface area contributed by atoms with Gasteiger partial charge in [-0.15, -0.1) is 0 Å². The molecule has 0 bridgehead atoms. The van der Waals surface area contributed by atoms with Crippen LogP contribution >= 0.6 is 0 Å². The average Bonchev–Trinajstić information content (AvgIpc) is 3.08. The molecule has 0 radical (unpaired) electrons. The fraction of sp³-hybridized carbons (Fsp3) is 0.350. The smallest absolute Gasteiger partial charge is 0.0720 e. The summed E-state index contributed by atoms with van der Waals surface area (Å²) in [4.78, 5) is 0. The van der Waals surface area contributed by atoms with Crippen LogP contribution in [0.5, 0.6) is 0 Å². The zero-order valence-corrected chi connectivity index (χ0v) is 12.8. The number of hydrogen-bond donors (Lipinski definition) is 0. The molecule has 22 heavy (non-hydrogen) atoms. The third kappa shape index (κ3) is 3.75. The maximum atomic E-state index is 8.70. The topological polar surface area (TPSA) is 33.0 Å². The summed E-state index contributed by atoms with van der Waals surface area (Å²) >= 11 is 0. The van der Waals surface area contributed by atoms with Crippen LogP contribution in [-0.2, 0) is 17.8 Å². The number of hydrogen-bond acceptors (Lipinski definition) is 2. The second-order valence-electron chi connectivity index (χ2n) is 5.95. The molecular weight excluding hydrogens is 270 g/mol. The molecule has 0 spiro atoms. The minimum absolute atomic E-state index is 0.465. The fourth-order valence-electron chi connectivity index (χ4n) is 2.97. The van der Waals surface area contributed by atoms with Crippen LogP contribution in [-0.4, -0.2) is 6.10 Å². The minimum Gasteiger partial charge on any atom is -0.374 e. The van der Waals surface area contributed by atoms with Crippen molar-refractivity contribution in [3.05, 3.63) is 59.7 Å². The summed E-state index contributed by atoms with van der Waals surface area (Å²) in [6.45, 7) is 0.714. The molecule has 1 aliphatic carbocycles. The van der Waals surface area contributed by atoms with Crippen LogP contribution in [0.1, 0.15) is 36.8 Å². The normalized spacial score (nSPS) is 14.9. The van der Waals surface area contributed by atoms with Gasteiger partial charge in [-0.2, -0.15) is 5.26 Å². The Labute approximate surface area is 132 Å². The van der Waals surface area contributed by atoms with E-state index in [4.69, 9.17) is 10.00 Å². The van der Waals surface area contributed by atoms with E-state index in [1.54, 1.807) is 0 Å². The monoisotopic (exact) mass is 291 g/mol. The van der Waals surface area contributed by atoms with Gasteiger partial charge in [-0.3, -0.25) is 0 Å². The number of benzene rings is 2. The highest BCUT2D eigenvalue weighted by atomic mass is 16.5. The molecule has 0 saturated heterocycles. The van der Waals surface area contributed by atoms with Crippen LogP contribution in [0, 0.1) is 11.3 Å². The third-order valence-electron chi connectivity index (χ3n) is 4.31. The lowest BCUT2D eigenvalue weighted by atomic mass is 10.0. The van der Waals surface area contributed by atoms with Crippen LogP contribution < -0.4 is 0 Å². The maximum Gasteiger partial charge on any atom is 0.0720 e. The molecule has 1 aliphatic rings. The Bertz CT molecular complexity index is 631. The van der Waals surface area contributed by atoms with Crippen molar-refractivity contribution in [3.63, 3.8) is 0 Å². The molecule has 1 saturated carbocycles. The van der Waals surface area contributed by atoms with E-state index in [9.17, 15) is 0 Å². The number of rotatable bonds is 5. The van der Waals surface area contributed by atoms with Gasteiger partial charge in [-0.05, 0) is 35.1 Å². The van der Waals surface area contributed by atoms with E-state index in [2.05, 4.69) is 42.5 Å². The highest BCUT2D eigenvalue weighted by molar-refractivity contribution is 5.64. The molecule has 2 aromatic carbocycles. The van der Waals surface area contributed by atoms with Crippen LogP contribution in [0.3, 0.4) is 0 Å². The summed E-state index contributed by atoms with van der Waals surface area (Å²) in [5, 5.41) is 8.70. The predicted octanol–water partition coefficient (Wildman–Crippen LogP) is 4.88. The number of nitriles is 1. The zero-order valence-electron chi connectivity index (χ0n) is 12.8. The van der Waals surface area contributed by atoms with E-state index >= 15 is 0 Å². The Morgan fingerprint density at radius 1 is 0.864 bits per heavy atom. The highest BCUT2D eigenvalue weighted by Crippen LogP contribution is 2.24. The molecule has 0 atom stereocenters.